The van der Waals surface area contributed by atoms with Crippen LogP contribution in [0.2, 0.25) is 0 Å². The molecule has 0 radical (unpaired) electrons. The van der Waals surface area contributed by atoms with Gasteiger partial charge in [0.1, 0.15) is 11.4 Å². The number of rotatable bonds is 6. The Hall–Kier alpha value is -3.74. The minimum absolute atomic E-state index is 0.153. The predicted octanol–water partition coefficient (Wildman–Crippen LogP) is 2.67. The van der Waals surface area contributed by atoms with E-state index in [1.165, 1.54) is 12.3 Å². The van der Waals surface area contributed by atoms with E-state index in [1.807, 2.05) is 6.07 Å². The lowest BCUT2D eigenvalue weighted by molar-refractivity contribution is 0.0950. The van der Waals surface area contributed by atoms with Crippen LogP contribution in [0, 0.1) is 0 Å². The summed E-state index contributed by atoms with van der Waals surface area (Å²) in [6.07, 6.45) is 4.78. The maximum Gasteiger partial charge on any atom is 0.274 e. The molecule has 3 rings (SSSR count). The first kappa shape index (κ1) is 18.1. The molecule has 2 N–H and O–H groups in total. The van der Waals surface area contributed by atoms with Gasteiger partial charge in [0.2, 0.25) is 0 Å². The van der Waals surface area contributed by atoms with Crippen LogP contribution in [0.4, 0.5) is 5.69 Å². The van der Waals surface area contributed by atoms with Gasteiger partial charge in [-0.2, -0.15) is 0 Å². The average Bonchev–Trinajstić information content (AvgIpc) is 2.73. The van der Waals surface area contributed by atoms with E-state index in [9.17, 15) is 9.59 Å². The number of methoxy groups -OCH3 is 1. The number of carbonyl (C=O) groups excluding carboxylic acids is 2. The number of anilines is 1. The molecule has 0 aliphatic heterocycles. The molecule has 1 aromatic carbocycles. The third-order valence-electron chi connectivity index (χ3n) is 3.78. The van der Waals surface area contributed by atoms with E-state index in [0.717, 1.165) is 5.56 Å². The molecule has 3 aromatic rings. The highest BCUT2D eigenvalue weighted by Gasteiger charge is 2.12. The summed E-state index contributed by atoms with van der Waals surface area (Å²) in [5.74, 6) is 0.000218. The SMILES string of the molecule is COc1ccc(NC(=O)c2cc(C(=O)NCc3cccnc3)ccn2)cc1. The summed E-state index contributed by atoms with van der Waals surface area (Å²) in [5, 5.41) is 5.53. The van der Waals surface area contributed by atoms with E-state index in [2.05, 4.69) is 20.6 Å². The molecule has 2 aromatic heterocycles. The van der Waals surface area contributed by atoms with Crippen LogP contribution in [0.1, 0.15) is 26.4 Å². The monoisotopic (exact) mass is 362 g/mol. The summed E-state index contributed by atoms with van der Waals surface area (Å²) >= 11 is 0. The van der Waals surface area contributed by atoms with Crippen molar-refractivity contribution >= 4 is 17.5 Å². The molecular weight excluding hydrogens is 344 g/mol. The Kier molecular flexibility index (Phi) is 5.73. The second-order valence-electron chi connectivity index (χ2n) is 5.66. The fourth-order valence-electron chi connectivity index (χ4n) is 2.35. The van der Waals surface area contributed by atoms with Crippen LogP contribution in [-0.2, 0) is 6.54 Å². The summed E-state index contributed by atoms with van der Waals surface area (Å²) < 4.78 is 5.08. The van der Waals surface area contributed by atoms with Crippen LogP contribution in [0.3, 0.4) is 0 Å². The molecule has 27 heavy (non-hydrogen) atoms. The molecule has 0 aliphatic carbocycles. The Labute approximate surface area is 156 Å². The number of carbonyl (C=O) groups is 2. The molecule has 0 fully saturated rings. The second-order valence-corrected chi connectivity index (χ2v) is 5.66. The van der Waals surface area contributed by atoms with Crippen LogP contribution >= 0.6 is 0 Å². The molecule has 0 atom stereocenters. The molecular formula is C20H18N4O3. The van der Waals surface area contributed by atoms with Gasteiger partial charge in [0.25, 0.3) is 11.8 Å². The van der Waals surface area contributed by atoms with Crippen molar-refractivity contribution in [3.63, 3.8) is 0 Å². The average molecular weight is 362 g/mol. The van der Waals surface area contributed by atoms with Gasteiger partial charge in [-0.3, -0.25) is 19.6 Å². The molecule has 7 heteroatoms. The third kappa shape index (κ3) is 4.88. The Balaban J connectivity index is 1.64. The van der Waals surface area contributed by atoms with Gasteiger partial charge in [-0.05, 0) is 48.0 Å². The number of hydrogen-bond acceptors (Lipinski definition) is 5. The molecule has 0 bridgehead atoms. The van der Waals surface area contributed by atoms with Gasteiger partial charge in [-0.1, -0.05) is 6.07 Å². The minimum Gasteiger partial charge on any atom is -0.497 e. The summed E-state index contributed by atoms with van der Waals surface area (Å²) in [6, 6.07) is 13.6. The minimum atomic E-state index is -0.401. The number of ether oxygens (including phenoxy) is 1. The highest BCUT2D eigenvalue weighted by atomic mass is 16.5. The van der Waals surface area contributed by atoms with Gasteiger partial charge in [-0.15, -0.1) is 0 Å². The Bertz CT molecular complexity index is 927. The van der Waals surface area contributed by atoms with E-state index in [0.29, 0.717) is 23.5 Å². The van der Waals surface area contributed by atoms with E-state index < -0.39 is 5.91 Å². The van der Waals surface area contributed by atoms with E-state index in [1.54, 1.807) is 55.9 Å². The van der Waals surface area contributed by atoms with Gasteiger partial charge in [0.15, 0.2) is 0 Å². The molecule has 136 valence electrons. The van der Waals surface area contributed by atoms with Crippen molar-refractivity contribution in [2.45, 2.75) is 6.54 Å². The fraction of sp³-hybridized carbons (Fsp3) is 0.100. The number of aromatic nitrogens is 2. The van der Waals surface area contributed by atoms with Crippen molar-refractivity contribution in [2.24, 2.45) is 0 Å². The third-order valence-corrected chi connectivity index (χ3v) is 3.78. The standard InChI is InChI=1S/C20H18N4O3/c1-27-17-6-4-16(5-7-17)24-20(26)18-11-15(8-10-22-18)19(25)23-13-14-3-2-9-21-12-14/h2-12H,13H2,1H3,(H,23,25)(H,24,26). The number of hydrogen-bond donors (Lipinski definition) is 2. The highest BCUT2D eigenvalue weighted by molar-refractivity contribution is 6.04. The van der Waals surface area contributed by atoms with E-state index in [-0.39, 0.29) is 11.6 Å². The smallest absolute Gasteiger partial charge is 0.274 e. The molecule has 0 unspecified atom stereocenters. The molecule has 0 spiro atoms. The Morgan fingerprint density at radius 3 is 2.56 bits per heavy atom. The fourth-order valence-corrected chi connectivity index (χ4v) is 2.35. The number of pyridine rings is 2. The van der Waals surface area contributed by atoms with Gasteiger partial charge < -0.3 is 15.4 Å². The zero-order valence-corrected chi connectivity index (χ0v) is 14.7. The van der Waals surface area contributed by atoms with Crippen molar-refractivity contribution in [1.29, 1.82) is 0 Å². The first-order chi connectivity index (χ1) is 13.2. The van der Waals surface area contributed by atoms with Gasteiger partial charge >= 0.3 is 0 Å². The van der Waals surface area contributed by atoms with Crippen molar-refractivity contribution in [1.82, 2.24) is 15.3 Å². The highest BCUT2D eigenvalue weighted by Crippen LogP contribution is 2.15. The number of amides is 2. The van der Waals surface area contributed by atoms with Crippen LogP contribution in [0.15, 0.2) is 67.1 Å². The van der Waals surface area contributed by atoms with Crippen LogP contribution in [0.5, 0.6) is 5.75 Å². The topological polar surface area (TPSA) is 93.2 Å². The van der Waals surface area contributed by atoms with Crippen molar-refractivity contribution in [2.75, 3.05) is 12.4 Å². The molecule has 2 amide bonds. The normalized spacial score (nSPS) is 10.1. The first-order valence-corrected chi connectivity index (χ1v) is 8.24. The van der Waals surface area contributed by atoms with Gasteiger partial charge in [0, 0.05) is 36.4 Å². The lowest BCUT2D eigenvalue weighted by atomic mass is 10.2. The number of benzene rings is 1. The number of nitrogens with zero attached hydrogens (tertiary/aromatic N) is 2. The summed E-state index contributed by atoms with van der Waals surface area (Å²) in [5.41, 5.74) is 2.00. The molecule has 7 nitrogen and oxygen atoms in total. The number of nitrogens with one attached hydrogen (secondary N) is 2. The van der Waals surface area contributed by atoms with Crippen LogP contribution < -0.4 is 15.4 Å². The maximum absolute atomic E-state index is 12.4. The molecule has 0 saturated carbocycles. The Morgan fingerprint density at radius 2 is 1.85 bits per heavy atom. The van der Waals surface area contributed by atoms with E-state index in [4.69, 9.17) is 4.74 Å². The quantitative estimate of drug-likeness (QED) is 0.703. The zero-order chi connectivity index (χ0) is 19.1. The van der Waals surface area contributed by atoms with Gasteiger partial charge in [0.05, 0.1) is 7.11 Å². The lowest BCUT2D eigenvalue weighted by Crippen LogP contribution is -2.23. The molecule has 0 saturated heterocycles. The summed E-state index contributed by atoms with van der Waals surface area (Å²) in [7, 11) is 1.57. The second kappa shape index (κ2) is 8.57. The molecule has 0 aliphatic rings. The predicted molar refractivity (Wildman–Crippen MR) is 101 cm³/mol. The maximum atomic E-state index is 12.4. The van der Waals surface area contributed by atoms with Crippen molar-refractivity contribution in [3.8, 4) is 5.75 Å². The molecule has 2 heterocycles. The summed E-state index contributed by atoms with van der Waals surface area (Å²) in [4.78, 5) is 32.7. The lowest BCUT2D eigenvalue weighted by Gasteiger charge is -2.08. The van der Waals surface area contributed by atoms with Crippen molar-refractivity contribution < 1.29 is 14.3 Å². The largest absolute Gasteiger partial charge is 0.497 e. The first-order valence-electron chi connectivity index (χ1n) is 8.24. The van der Waals surface area contributed by atoms with Crippen molar-refractivity contribution in [3.05, 3.63) is 83.9 Å². The van der Waals surface area contributed by atoms with Crippen LogP contribution in [-0.4, -0.2) is 28.9 Å². The van der Waals surface area contributed by atoms with Crippen LogP contribution in [0.25, 0.3) is 0 Å². The zero-order valence-electron chi connectivity index (χ0n) is 14.7. The summed E-state index contributed by atoms with van der Waals surface area (Å²) in [6.45, 7) is 0.350. The van der Waals surface area contributed by atoms with Gasteiger partial charge in [-0.25, -0.2) is 0 Å². The van der Waals surface area contributed by atoms with E-state index >= 15 is 0 Å². The Morgan fingerprint density at radius 1 is 1.04 bits per heavy atom.